The van der Waals surface area contributed by atoms with Crippen LogP contribution in [0.15, 0.2) is 95.4 Å². The third kappa shape index (κ3) is 6.32. The molecule has 0 atom stereocenters. The van der Waals surface area contributed by atoms with Crippen molar-refractivity contribution in [1.29, 1.82) is 0 Å². The normalized spacial score (nSPS) is 11.2. The first-order chi connectivity index (χ1) is 16.3. The minimum atomic E-state index is -3.98. The van der Waals surface area contributed by atoms with E-state index in [1.807, 2.05) is 19.1 Å². The number of rotatable bonds is 10. The van der Waals surface area contributed by atoms with Crippen molar-refractivity contribution in [3.05, 3.63) is 102 Å². The van der Waals surface area contributed by atoms with Crippen LogP contribution in [-0.4, -0.2) is 33.7 Å². The van der Waals surface area contributed by atoms with Crippen LogP contribution < -0.4 is 14.5 Å². The molecule has 0 saturated carbocycles. The summed E-state index contributed by atoms with van der Waals surface area (Å²) < 4.78 is 33.4. The Morgan fingerprint density at radius 2 is 1.76 bits per heavy atom. The second-order valence-corrected chi connectivity index (χ2v) is 9.44. The van der Waals surface area contributed by atoms with Gasteiger partial charge in [-0.2, -0.15) is 5.10 Å². The molecule has 34 heavy (non-hydrogen) atoms. The van der Waals surface area contributed by atoms with Crippen molar-refractivity contribution in [2.24, 2.45) is 5.10 Å². The van der Waals surface area contributed by atoms with Crippen molar-refractivity contribution in [2.75, 3.05) is 17.5 Å². The molecule has 0 aliphatic heterocycles. The molecule has 1 N–H and O–H groups in total. The number of carbonyl (C=O) groups is 1. The summed E-state index contributed by atoms with van der Waals surface area (Å²) in [4.78, 5) is 12.8. The van der Waals surface area contributed by atoms with Gasteiger partial charge in [-0.15, -0.1) is 0 Å². The Morgan fingerprint density at radius 3 is 2.44 bits per heavy atom. The van der Waals surface area contributed by atoms with Gasteiger partial charge in [-0.1, -0.05) is 43.0 Å². The highest BCUT2D eigenvalue weighted by Gasteiger charge is 2.28. The van der Waals surface area contributed by atoms with E-state index < -0.39 is 22.5 Å². The lowest BCUT2D eigenvalue weighted by Crippen LogP contribution is -2.40. The van der Waals surface area contributed by atoms with Crippen LogP contribution in [0.3, 0.4) is 0 Å². The van der Waals surface area contributed by atoms with Crippen LogP contribution >= 0.6 is 0 Å². The van der Waals surface area contributed by atoms with Crippen LogP contribution in [0.25, 0.3) is 0 Å². The monoisotopic (exact) mass is 477 g/mol. The highest BCUT2D eigenvalue weighted by molar-refractivity contribution is 7.92. The highest BCUT2D eigenvalue weighted by Crippen LogP contribution is 2.27. The van der Waals surface area contributed by atoms with E-state index in [-0.39, 0.29) is 4.90 Å². The second-order valence-electron chi connectivity index (χ2n) is 7.58. The molecule has 0 fully saturated rings. The number of nitrogens with zero attached hydrogens (tertiary/aromatic N) is 2. The molecule has 3 aromatic carbocycles. The molecule has 0 bridgehead atoms. The van der Waals surface area contributed by atoms with Crippen molar-refractivity contribution in [1.82, 2.24) is 5.43 Å². The summed E-state index contributed by atoms with van der Waals surface area (Å²) in [5.74, 6) is 0.124. The van der Waals surface area contributed by atoms with Crippen molar-refractivity contribution in [3.8, 4) is 5.75 Å². The van der Waals surface area contributed by atoms with Gasteiger partial charge in [-0.05, 0) is 73.0 Å². The molecule has 0 radical (unpaired) electrons. The van der Waals surface area contributed by atoms with Crippen molar-refractivity contribution in [2.45, 2.75) is 18.7 Å². The number of ether oxygens (including phenoxy) is 1. The minimum absolute atomic E-state index is 0.103. The lowest BCUT2D eigenvalue weighted by molar-refractivity contribution is -0.119. The van der Waals surface area contributed by atoms with E-state index in [0.29, 0.717) is 18.0 Å². The maximum absolute atomic E-state index is 13.4. The number of carbonyl (C=O) groups excluding carboxylic acids is 1. The molecular weight excluding hydrogens is 450 g/mol. The number of hydrazone groups is 1. The van der Waals surface area contributed by atoms with Crippen molar-refractivity contribution < 1.29 is 17.9 Å². The fourth-order valence-electron chi connectivity index (χ4n) is 3.16. The lowest BCUT2D eigenvalue weighted by atomic mass is 10.1. The predicted molar refractivity (Wildman–Crippen MR) is 135 cm³/mol. The average Bonchev–Trinajstić information content (AvgIpc) is 2.84. The number of nitrogens with one attached hydrogen (secondary N) is 1. The fraction of sp³-hybridized carbons (Fsp3) is 0.154. The zero-order valence-corrected chi connectivity index (χ0v) is 20.0. The zero-order chi connectivity index (χ0) is 24.6. The first-order valence-corrected chi connectivity index (χ1v) is 12.1. The standard InChI is InChI=1S/C26H27N3O4S/c1-4-16-33-23-14-12-22(13-15-23)18-27-28-26(30)19-29(25-17-20(2)10-11-21(25)3)34(31,32)24-8-6-5-7-9-24/h4-15,17-18H,1,16,19H2,2-3H3,(H,28,30). The Bertz CT molecular complexity index is 1270. The van der Waals surface area contributed by atoms with Crippen molar-refractivity contribution >= 4 is 27.8 Å². The van der Waals surface area contributed by atoms with Gasteiger partial charge in [0, 0.05) is 0 Å². The molecule has 7 nitrogen and oxygen atoms in total. The molecule has 0 aromatic heterocycles. The number of aryl methyl sites for hydroxylation is 2. The van der Waals surface area contributed by atoms with Crippen molar-refractivity contribution in [3.63, 3.8) is 0 Å². The smallest absolute Gasteiger partial charge is 0.264 e. The quantitative estimate of drug-likeness (QED) is 0.269. The first-order valence-electron chi connectivity index (χ1n) is 10.6. The minimum Gasteiger partial charge on any atom is -0.490 e. The summed E-state index contributed by atoms with van der Waals surface area (Å²) in [5.41, 5.74) is 5.22. The summed E-state index contributed by atoms with van der Waals surface area (Å²) in [7, 11) is -3.98. The Balaban J connectivity index is 1.78. The molecule has 0 aliphatic rings. The van der Waals surface area contributed by atoms with E-state index >= 15 is 0 Å². The van der Waals surface area contributed by atoms with Gasteiger partial charge in [0.15, 0.2) is 0 Å². The summed E-state index contributed by atoms with van der Waals surface area (Å²) in [6, 6.07) is 20.6. The van der Waals surface area contributed by atoms with E-state index in [1.165, 1.54) is 18.3 Å². The zero-order valence-electron chi connectivity index (χ0n) is 19.1. The number of sulfonamides is 1. The molecular formula is C26H27N3O4S. The van der Waals surface area contributed by atoms with Gasteiger partial charge in [0.2, 0.25) is 0 Å². The Hall–Kier alpha value is -3.91. The SMILES string of the molecule is C=CCOc1ccc(C=NNC(=O)CN(c2cc(C)ccc2C)S(=O)(=O)c2ccccc2)cc1. The molecule has 3 aromatic rings. The molecule has 176 valence electrons. The van der Waals surface area contributed by atoms with Gasteiger partial charge in [-0.3, -0.25) is 9.10 Å². The molecule has 3 rings (SSSR count). The summed E-state index contributed by atoms with van der Waals surface area (Å²) >= 11 is 0. The topological polar surface area (TPSA) is 88.1 Å². The fourth-order valence-corrected chi connectivity index (χ4v) is 4.66. The largest absolute Gasteiger partial charge is 0.490 e. The molecule has 0 unspecified atom stereocenters. The lowest BCUT2D eigenvalue weighted by Gasteiger charge is -2.25. The maximum Gasteiger partial charge on any atom is 0.264 e. The van der Waals surface area contributed by atoms with Crippen LogP contribution in [0, 0.1) is 13.8 Å². The number of hydrogen-bond donors (Lipinski definition) is 1. The van der Waals surface area contributed by atoms with Crippen LogP contribution in [0.1, 0.15) is 16.7 Å². The highest BCUT2D eigenvalue weighted by atomic mass is 32.2. The Labute approximate surface area is 200 Å². The number of benzene rings is 3. The van der Waals surface area contributed by atoms with Gasteiger partial charge >= 0.3 is 0 Å². The third-order valence-electron chi connectivity index (χ3n) is 4.90. The predicted octanol–water partition coefficient (Wildman–Crippen LogP) is 4.21. The van der Waals surface area contributed by atoms with Gasteiger partial charge in [-0.25, -0.2) is 13.8 Å². The van der Waals surface area contributed by atoms with E-state index in [2.05, 4.69) is 17.1 Å². The Morgan fingerprint density at radius 1 is 1.06 bits per heavy atom. The molecule has 8 heteroatoms. The maximum atomic E-state index is 13.4. The van der Waals surface area contributed by atoms with Crippen LogP contribution in [0.4, 0.5) is 5.69 Å². The summed E-state index contributed by atoms with van der Waals surface area (Å²) in [5, 5.41) is 3.97. The van der Waals surface area contributed by atoms with E-state index in [9.17, 15) is 13.2 Å². The second kappa shape index (κ2) is 11.3. The number of amides is 1. The van der Waals surface area contributed by atoms with Crippen LogP contribution in [0.5, 0.6) is 5.75 Å². The van der Waals surface area contributed by atoms with E-state index in [0.717, 1.165) is 21.0 Å². The average molecular weight is 478 g/mol. The molecule has 0 saturated heterocycles. The summed E-state index contributed by atoms with van der Waals surface area (Å²) in [6.07, 6.45) is 3.13. The van der Waals surface area contributed by atoms with E-state index in [1.54, 1.807) is 61.5 Å². The van der Waals surface area contributed by atoms with Gasteiger partial charge < -0.3 is 4.74 Å². The molecule has 0 heterocycles. The number of hydrogen-bond acceptors (Lipinski definition) is 5. The summed E-state index contributed by atoms with van der Waals surface area (Å²) in [6.45, 7) is 7.27. The van der Waals surface area contributed by atoms with Gasteiger partial charge in [0.05, 0.1) is 16.8 Å². The molecule has 0 spiro atoms. The van der Waals surface area contributed by atoms with Gasteiger partial charge in [0.1, 0.15) is 18.9 Å². The van der Waals surface area contributed by atoms with Crippen LogP contribution in [0.2, 0.25) is 0 Å². The van der Waals surface area contributed by atoms with E-state index in [4.69, 9.17) is 4.74 Å². The third-order valence-corrected chi connectivity index (χ3v) is 6.68. The van der Waals surface area contributed by atoms with Gasteiger partial charge in [0.25, 0.3) is 15.9 Å². The number of anilines is 1. The first kappa shape index (κ1) is 24.7. The molecule has 1 amide bonds. The molecule has 0 aliphatic carbocycles. The Kier molecular flexibility index (Phi) is 8.21. The van der Waals surface area contributed by atoms with Crippen LogP contribution in [-0.2, 0) is 14.8 Å².